The van der Waals surface area contributed by atoms with Gasteiger partial charge in [-0.1, -0.05) is 12.1 Å². The highest BCUT2D eigenvalue weighted by Crippen LogP contribution is 2.29. The van der Waals surface area contributed by atoms with Gasteiger partial charge in [0.2, 0.25) is 0 Å². The zero-order valence-electron chi connectivity index (χ0n) is 15.6. The first kappa shape index (κ1) is 16.6. The highest BCUT2D eigenvalue weighted by molar-refractivity contribution is 5.59. The Kier molecular flexibility index (Phi) is 4.80. The lowest BCUT2D eigenvalue weighted by atomic mass is 9.97. The van der Waals surface area contributed by atoms with Gasteiger partial charge in [-0.15, -0.1) is 0 Å². The van der Waals surface area contributed by atoms with Gasteiger partial charge >= 0.3 is 0 Å². The van der Waals surface area contributed by atoms with Gasteiger partial charge in [-0.2, -0.15) is 0 Å². The number of likely N-dealkylation sites (N-methyl/N-ethyl adjacent to an activating group) is 1. The first-order chi connectivity index (χ1) is 12.2. The number of aryl methyl sites for hydroxylation is 1. The molecule has 1 aromatic heterocycles. The van der Waals surface area contributed by atoms with Crippen LogP contribution in [0.4, 0.5) is 5.69 Å². The molecule has 4 heteroatoms. The van der Waals surface area contributed by atoms with E-state index < -0.39 is 0 Å². The van der Waals surface area contributed by atoms with E-state index in [-0.39, 0.29) is 0 Å². The SMILES string of the molecule is CCN1CCc2cc(CN3CCC[C@H](Cn4ccnc4C)C3)ccc21. The monoisotopic (exact) mass is 338 g/mol. The van der Waals surface area contributed by atoms with Crippen molar-refractivity contribution in [2.45, 2.75) is 46.2 Å². The molecular weight excluding hydrogens is 308 g/mol. The summed E-state index contributed by atoms with van der Waals surface area (Å²) in [7, 11) is 0. The molecule has 25 heavy (non-hydrogen) atoms. The average Bonchev–Trinajstić information content (AvgIpc) is 3.21. The van der Waals surface area contributed by atoms with Gasteiger partial charge in [0.05, 0.1) is 0 Å². The van der Waals surface area contributed by atoms with Crippen LogP contribution in [0, 0.1) is 12.8 Å². The number of benzene rings is 1. The molecule has 0 aliphatic carbocycles. The van der Waals surface area contributed by atoms with Crippen molar-refractivity contribution >= 4 is 5.69 Å². The Bertz CT molecular complexity index is 720. The quantitative estimate of drug-likeness (QED) is 0.834. The molecule has 2 aliphatic rings. The van der Waals surface area contributed by atoms with Crippen LogP contribution in [0.2, 0.25) is 0 Å². The number of nitrogens with zero attached hydrogens (tertiary/aromatic N) is 4. The van der Waals surface area contributed by atoms with Crippen molar-refractivity contribution in [1.82, 2.24) is 14.5 Å². The molecule has 0 bridgehead atoms. The second-order valence-electron chi connectivity index (χ2n) is 7.66. The van der Waals surface area contributed by atoms with Crippen molar-refractivity contribution in [3.05, 3.63) is 47.5 Å². The Morgan fingerprint density at radius 2 is 2.16 bits per heavy atom. The summed E-state index contributed by atoms with van der Waals surface area (Å²) in [6.45, 7) is 11.3. The molecule has 2 aromatic rings. The van der Waals surface area contributed by atoms with Crippen LogP contribution in [0.25, 0.3) is 0 Å². The maximum Gasteiger partial charge on any atom is 0.105 e. The van der Waals surface area contributed by atoms with E-state index in [2.05, 4.69) is 57.6 Å². The number of likely N-dealkylation sites (tertiary alicyclic amines) is 1. The van der Waals surface area contributed by atoms with E-state index >= 15 is 0 Å². The number of aromatic nitrogens is 2. The van der Waals surface area contributed by atoms with Crippen LogP contribution in [0.3, 0.4) is 0 Å². The minimum Gasteiger partial charge on any atom is -0.371 e. The first-order valence-corrected chi connectivity index (χ1v) is 9.79. The van der Waals surface area contributed by atoms with Crippen molar-refractivity contribution in [2.75, 3.05) is 31.1 Å². The summed E-state index contributed by atoms with van der Waals surface area (Å²) < 4.78 is 2.31. The van der Waals surface area contributed by atoms with Crippen molar-refractivity contribution in [2.24, 2.45) is 5.92 Å². The maximum atomic E-state index is 4.36. The maximum absolute atomic E-state index is 4.36. The highest BCUT2D eigenvalue weighted by Gasteiger charge is 2.22. The summed E-state index contributed by atoms with van der Waals surface area (Å²) in [6, 6.07) is 7.14. The summed E-state index contributed by atoms with van der Waals surface area (Å²) in [5.41, 5.74) is 4.48. The Balaban J connectivity index is 1.38. The molecule has 1 fully saturated rings. The van der Waals surface area contributed by atoms with E-state index in [1.165, 1.54) is 50.1 Å². The van der Waals surface area contributed by atoms with Crippen LogP contribution in [0.15, 0.2) is 30.6 Å². The smallest absolute Gasteiger partial charge is 0.105 e. The number of piperidine rings is 1. The molecule has 1 aromatic carbocycles. The summed E-state index contributed by atoms with van der Waals surface area (Å²) in [6.07, 6.45) is 7.89. The van der Waals surface area contributed by atoms with Crippen LogP contribution in [-0.4, -0.2) is 40.6 Å². The van der Waals surface area contributed by atoms with E-state index in [1.807, 2.05) is 6.20 Å². The highest BCUT2D eigenvalue weighted by atomic mass is 15.2. The Morgan fingerprint density at radius 3 is 2.96 bits per heavy atom. The Hall–Kier alpha value is -1.81. The van der Waals surface area contributed by atoms with E-state index in [9.17, 15) is 0 Å². The zero-order valence-corrected chi connectivity index (χ0v) is 15.6. The molecule has 4 nitrogen and oxygen atoms in total. The van der Waals surface area contributed by atoms with Gasteiger partial charge < -0.3 is 9.47 Å². The molecule has 0 radical (unpaired) electrons. The fourth-order valence-electron chi connectivity index (χ4n) is 4.53. The molecule has 0 spiro atoms. The van der Waals surface area contributed by atoms with E-state index in [4.69, 9.17) is 0 Å². The number of fused-ring (bicyclic) bond motifs is 1. The van der Waals surface area contributed by atoms with Gasteiger partial charge in [-0.05, 0) is 62.8 Å². The van der Waals surface area contributed by atoms with Gasteiger partial charge in [-0.3, -0.25) is 4.90 Å². The van der Waals surface area contributed by atoms with E-state index in [1.54, 1.807) is 5.56 Å². The number of hydrogen-bond acceptors (Lipinski definition) is 3. The molecular formula is C21H30N4. The van der Waals surface area contributed by atoms with Crippen LogP contribution < -0.4 is 4.90 Å². The summed E-state index contributed by atoms with van der Waals surface area (Å²) >= 11 is 0. The minimum absolute atomic E-state index is 0.742. The average molecular weight is 338 g/mol. The van der Waals surface area contributed by atoms with Crippen molar-refractivity contribution in [1.29, 1.82) is 0 Å². The first-order valence-electron chi connectivity index (χ1n) is 9.79. The predicted molar refractivity (Wildman–Crippen MR) is 103 cm³/mol. The van der Waals surface area contributed by atoms with Crippen LogP contribution in [0.5, 0.6) is 0 Å². The van der Waals surface area contributed by atoms with Crippen LogP contribution in [0.1, 0.15) is 36.7 Å². The molecule has 0 N–H and O–H groups in total. The molecule has 1 atom stereocenters. The van der Waals surface area contributed by atoms with Crippen molar-refractivity contribution in [3.8, 4) is 0 Å². The fraction of sp³-hybridized carbons (Fsp3) is 0.571. The summed E-state index contributed by atoms with van der Waals surface area (Å²) in [5, 5.41) is 0. The second kappa shape index (κ2) is 7.20. The Labute approximate surface area is 151 Å². The van der Waals surface area contributed by atoms with Crippen molar-refractivity contribution < 1.29 is 0 Å². The summed E-state index contributed by atoms with van der Waals surface area (Å²) in [4.78, 5) is 9.50. The third-order valence-electron chi connectivity index (χ3n) is 5.91. The molecule has 134 valence electrons. The molecule has 0 unspecified atom stereocenters. The van der Waals surface area contributed by atoms with E-state index in [0.29, 0.717) is 0 Å². The topological polar surface area (TPSA) is 24.3 Å². The van der Waals surface area contributed by atoms with Gasteiger partial charge in [-0.25, -0.2) is 4.98 Å². The molecule has 0 saturated carbocycles. The van der Waals surface area contributed by atoms with Gasteiger partial charge in [0.1, 0.15) is 5.82 Å². The standard InChI is InChI=1S/C21H30N4/c1-3-24-11-8-20-13-18(6-7-21(20)24)14-23-10-4-5-19(15-23)16-25-12-9-22-17(25)2/h6-7,9,12-13,19H,3-5,8,10-11,14-16H2,1-2H3/t19-/m0/s1. The lowest BCUT2D eigenvalue weighted by Crippen LogP contribution is -2.36. The zero-order chi connectivity index (χ0) is 17.2. The largest absolute Gasteiger partial charge is 0.371 e. The molecule has 4 rings (SSSR count). The number of anilines is 1. The molecule has 2 aliphatic heterocycles. The van der Waals surface area contributed by atoms with Gasteiger partial charge in [0.15, 0.2) is 0 Å². The lowest BCUT2D eigenvalue weighted by molar-refractivity contribution is 0.155. The Morgan fingerprint density at radius 1 is 1.24 bits per heavy atom. The molecule has 3 heterocycles. The van der Waals surface area contributed by atoms with Crippen LogP contribution in [-0.2, 0) is 19.5 Å². The molecule has 0 amide bonds. The predicted octanol–water partition coefficient (Wildman–Crippen LogP) is 3.49. The van der Waals surface area contributed by atoms with Crippen molar-refractivity contribution in [3.63, 3.8) is 0 Å². The van der Waals surface area contributed by atoms with Gasteiger partial charge in [0.25, 0.3) is 0 Å². The van der Waals surface area contributed by atoms with Gasteiger partial charge in [0, 0.05) is 50.8 Å². The number of hydrogen-bond donors (Lipinski definition) is 0. The minimum atomic E-state index is 0.742. The van der Waals surface area contributed by atoms with Crippen LogP contribution >= 0.6 is 0 Å². The second-order valence-corrected chi connectivity index (χ2v) is 7.66. The third kappa shape index (κ3) is 3.59. The fourth-order valence-corrected chi connectivity index (χ4v) is 4.53. The third-order valence-corrected chi connectivity index (χ3v) is 5.91. The number of imidazole rings is 1. The molecule has 1 saturated heterocycles. The van der Waals surface area contributed by atoms with E-state index in [0.717, 1.165) is 31.4 Å². The normalized spacial score (nSPS) is 20.9. The summed E-state index contributed by atoms with van der Waals surface area (Å²) in [5.74, 6) is 1.88. The lowest BCUT2D eigenvalue weighted by Gasteiger charge is -2.33. The number of rotatable bonds is 5.